The maximum Gasteiger partial charge on any atom is 0.262 e. The van der Waals surface area contributed by atoms with Gasteiger partial charge in [-0.1, -0.05) is 36.4 Å². The molecule has 0 radical (unpaired) electrons. The van der Waals surface area contributed by atoms with E-state index in [-0.39, 0.29) is 23.7 Å². The Hall–Kier alpha value is -3.63. The summed E-state index contributed by atoms with van der Waals surface area (Å²) in [5, 5.41) is 12.3. The standard InChI is InChI=1S/C25H20BrFN2O3/c1-2-31-23-14-17(12-18(15-28)20-10-6-7-11-22(20)27)13-21(26)25(23)32-16-24(30)29-19-8-4-3-5-9-19/h3-14H,2,16H2,1H3,(H,29,30). The van der Waals surface area contributed by atoms with Gasteiger partial charge in [0.15, 0.2) is 18.1 Å². The van der Waals surface area contributed by atoms with Crippen LogP contribution in [0.2, 0.25) is 0 Å². The number of hydrogen-bond acceptors (Lipinski definition) is 4. The topological polar surface area (TPSA) is 71.3 Å². The SMILES string of the molecule is CCOc1cc(C=C(C#N)c2ccccc2F)cc(Br)c1OCC(=O)Nc1ccccc1. The highest BCUT2D eigenvalue weighted by Gasteiger charge is 2.15. The molecule has 0 aromatic heterocycles. The smallest absolute Gasteiger partial charge is 0.262 e. The van der Waals surface area contributed by atoms with Crippen molar-refractivity contribution >= 4 is 39.2 Å². The van der Waals surface area contributed by atoms with Crippen molar-refractivity contribution in [2.24, 2.45) is 0 Å². The fraction of sp³-hybridized carbons (Fsp3) is 0.120. The Morgan fingerprint density at radius 3 is 2.53 bits per heavy atom. The van der Waals surface area contributed by atoms with Crippen LogP contribution in [0.5, 0.6) is 11.5 Å². The lowest BCUT2D eigenvalue weighted by atomic mass is 10.0. The lowest BCUT2D eigenvalue weighted by Gasteiger charge is -2.15. The lowest BCUT2D eigenvalue weighted by Crippen LogP contribution is -2.20. The van der Waals surface area contributed by atoms with Crippen molar-refractivity contribution in [3.63, 3.8) is 0 Å². The Bertz CT molecular complexity index is 1170. The molecule has 0 spiro atoms. The van der Waals surface area contributed by atoms with Gasteiger partial charge in [0.1, 0.15) is 5.82 Å². The molecule has 3 aromatic rings. The van der Waals surface area contributed by atoms with Crippen LogP contribution in [0.25, 0.3) is 11.6 Å². The number of carbonyl (C=O) groups is 1. The number of hydrogen-bond donors (Lipinski definition) is 1. The number of rotatable bonds is 8. The monoisotopic (exact) mass is 494 g/mol. The molecule has 1 amide bonds. The highest BCUT2D eigenvalue weighted by molar-refractivity contribution is 9.10. The molecule has 5 nitrogen and oxygen atoms in total. The molecule has 3 rings (SSSR count). The van der Waals surface area contributed by atoms with Crippen LogP contribution >= 0.6 is 15.9 Å². The number of ether oxygens (including phenoxy) is 2. The number of carbonyl (C=O) groups excluding carboxylic acids is 1. The normalized spacial score (nSPS) is 10.9. The van der Waals surface area contributed by atoms with Gasteiger partial charge in [-0.05, 0) is 64.8 Å². The summed E-state index contributed by atoms with van der Waals surface area (Å²) in [7, 11) is 0. The van der Waals surface area contributed by atoms with E-state index in [0.717, 1.165) is 0 Å². The lowest BCUT2D eigenvalue weighted by molar-refractivity contribution is -0.118. The van der Waals surface area contributed by atoms with E-state index in [2.05, 4.69) is 21.2 Å². The number of para-hydroxylation sites is 1. The molecule has 0 saturated carbocycles. The molecule has 0 atom stereocenters. The molecule has 0 fully saturated rings. The Morgan fingerprint density at radius 2 is 1.84 bits per heavy atom. The highest BCUT2D eigenvalue weighted by atomic mass is 79.9. The summed E-state index contributed by atoms with van der Waals surface area (Å²) in [5.74, 6) is -0.0438. The largest absolute Gasteiger partial charge is 0.490 e. The second-order valence-electron chi connectivity index (χ2n) is 6.62. The fourth-order valence-electron chi connectivity index (χ4n) is 2.95. The number of nitrogens with zero attached hydrogens (tertiary/aromatic N) is 1. The van der Waals surface area contributed by atoms with Gasteiger partial charge >= 0.3 is 0 Å². The molecule has 0 heterocycles. The number of benzene rings is 3. The van der Waals surface area contributed by atoms with Crippen LogP contribution in [-0.2, 0) is 4.79 Å². The van der Waals surface area contributed by atoms with Crippen molar-refractivity contribution in [2.45, 2.75) is 6.92 Å². The van der Waals surface area contributed by atoms with Gasteiger partial charge in [0.2, 0.25) is 0 Å². The van der Waals surface area contributed by atoms with Gasteiger partial charge in [0.25, 0.3) is 5.91 Å². The van der Waals surface area contributed by atoms with Crippen LogP contribution in [0.4, 0.5) is 10.1 Å². The van der Waals surface area contributed by atoms with E-state index in [4.69, 9.17) is 9.47 Å². The molecule has 162 valence electrons. The van der Waals surface area contributed by atoms with E-state index < -0.39 is 5.82 Å². The predicted octanol–water partition coefficient (Wildman–Crippen LogP) is 6.07. The second-order valence-corrected chi connectivity index (χ2v) is 7.47. The van der Waals surface area contributed by atoms with Crippen molar-refractivity contribution in [3.05, 3.63) is 88.1 Å². The summed E-state index contributed by atoms with van der Waals surface area (Å²) in [6.07, 6.45) is 1.57. The third-order valence-corrected chi connectivity index (χ3v) is 4.92. The molecule has 0 unspecified atom stereocenters. The first-order valence-electron chi connectivity index (χ1n) is 9.82. The van der Waals surface area contributed by atoms with Crippen molar-refractivity contribution < 1.29 is 18.7 Å². The minimum Gasteiger partial charge on any atom is -0.490 e. The Balaban J connectivity index is 1.84. The van der Waals surface area contributed by atoms with Gasteiger partial charge in [-0.3, -0.25) is 4.79 Å². The van der Waals surface area contributed by atoms with Gasteiger partial charge in [0.05, 0.1) is 22.7 Å². The average Bonchev–Trinajstić information content (AvgIpc) is 2.78. The number of amides is 1. The van der Waals surface area contributed by atoms with Crippen LogP contribution in [0.1, 0.15) is 18.1 Å². The third kappa shape index (κ3) is 5.96. The second kappa shape index (κ2) is 11.1. The zero-order valence-electron chi connectivity index (χ0n) is 17.3. The van der Waals surface area contributed by atoms with Gasteiger partial charge in [0, 0.05) is 11.3 Å². The number of halogens is 2. The molecule has 0 aliphatic rings. The van der Waals surface area contributed by atoms with E-state index in [1.807, 2.05) is 31.2 Å². The van der Waals surface area contributed by atoms with E-state index in [1.54, 1.807) is 48.5 Å². The van der Waals surface area contributed by atoms with Crippen LogP contribution in [0, 0.1) is 17.1 Å². The van der Waals surface area contributed by atoms with E-state index in [9.17, 15) is 14.4 Å². The molecule has 0 aliphatic heterocycles. The third-order valence-electron chi connectivity index (χ3n) is 4.33. The Kier molecular flexibility index (Phi) is 8.01. The number of nitriles is 1. The molecule has 3 aromatic carbocycles. The van der Waals surface area contributed by atoms with Gasteiger partial charge in [-0.2, -0.15) is 5.26 Å². The Morgan fingerprint density at radius 1 is 1.12 bits per heavy atom. The van der Waals surface area contributed by atoms with E-state index in [1.165, 1.54) is 6.07 Å². The maximum absolute atomic E-state index is 14.1. The van der Waals surface area contributed by atoms with Crippen molar-refractivity contribution in [3.8, 4) is 17.6 Å². The first kappa shape index (κ1) is 23.0. The summed E-state index contributed by atoms with van der Waals surface area (Å²) in [6.45, 7) is 1.97. The first-order chi connectivity index (χ1) is 15.5. The van der Waals surface area contributed by atoms with Gasteiger partial charge in [-0.25, -0.2) is 4.39 Å². The molecular formula is C25H20BrFN2O3. The van der Waals surface area contributed by atoms with Crippen LogP contribution < -0.4 is 14.8 Å². The quantitative estimate of drug-likeness (QED) is 0.304. The average molecular weight is 495 g/mol. The van der Waals surface area contributed by atoms with Gasteiger partial charge in [-0.15, -0.1) is 0 Å². The summed E-state index contributed by atoms with van der Waals surface area (Å²) in [4.78, 5) is 12.2. The van der Waals surface area contributed by atoms with Crippen molar-refractivity contribution in [2.75, 3.05) is 18.5 Å². The van der Waals surface area contributed by atoms with Crippen LogP contribution in [0.3, 0.4) is 0 Å². The summed E-state index contributed by atoms with van der Waals surface area (Å²) in [6, 6.07) is 20.6. The molecule has 7 heteroatoms. The number of nitrogens with one attached hydrogen (secondary N) is 1. The molecular weight excluding hydrogens is 475 g/mol. The predicted molar refractivity (Wildman–Crippen MR) is 126 cm³/mol. The van der Waals surface area contributed by atoms with Crippen molar-refractivity contribution in [1.29, 1.82) is 5.26 Å². The van der Waals surface area contributed by atoms with Gasteiger partial charge < -0.3 is 14.8 Å². The maximum atomic E-state index is 14.1. The molecule has 0 saturated heterocycles. The fourth-order valence-corrected chi connectivity index (χ4v) is 3.52. The van der Waals surface area contributed by atoms with Crippen LogP contribution in [0.15, 0.2) is 71.2 Å². The summed E-state index contributed by atoms with van der Waals surface area (Å²) in [5.41, 5.74) is 1.67. The Labute approximate surface area is 194 Å². The zero-order valence-corrected chi connectivity index (χ0v) is 18.9. The highest BCUT2D eigenvalue weighted by Crippen LogP contribution is 2.38. The van der Waals surface area contributed by atoms with Crippen molar-refractivity contribution in [1.82, 2.24) is 0 Å². The minimum atomic E-state index is -0.478. The van der Waals surface area contributed by atoms with E-state index >= 15 is 0 Å². The van der Waals surface area contributed by atoms with Crippen LogP contribution in [-0.4, -0.2) is 19.1 Å². The zero-order chi connectivity index (χ0) is 22.9. The summed E-state index contributed by atoms with van der Waals surface area (Å²) < 4.78 is 26.1. The van der Waals surface area contributed by atoms with E-state index in [0.29, 0.717) is 33.8 Å². The first-order valence-corrected chi connectivity index (χ1v) is 10.6. The number of allylic oxidation sites excluding steroid dienone is 1. The number of anilines is 1. The minimum absolute atomic E-state index is 0.174. The molecule has 0 bridgehead atoms. The molecule has 32 heavy (non-hydrogen) atoms. The molecule has 1 N–H and O–H groups in total. The summed E-state index contributed by atoms with van der Waals surface area (Å²) >= 11 is 3.44. The molecule has 0 aliphatic carbocycles.